The number of likely N-dealkylation sites (tertiary alicyclic amines) is 1. The maximum atomic E-state index is 12.3. The molecule has 0 radical (unpaired) electrons. The van der Waals surface area contributed by atoms with Crippen molar-refractivity contribution in [2.45, 2.75) is 19.4 Å². The van der Waals surface area contributed by atoms with Crippen molar-refractivity contribution in [3.05, 3.63) is 27.0 Å². The van der Waals surface area contributed by atoms with Gasteiger partial charge in [0.25, 0.3) is 5.91 Å². The summed E-state index contributed by atoms with van der Waals surface area (Å²) in [5.41, 5.74) is 0.0674. The number of pyridine rings is 1. The van der Waals surface area contributed by atoms with Gasteiger partial charge < -0.3 is 10.0 Å². The van der Waals surface area contributed by atoms with E-state index in [2.05, 4.69) is 4.98 Å². The summed E-state index contributed by atoms with van der Waals surface area (Å²) in [4.78, 5) is 17.8. The molecular weight excluding hydrogens is 311 g/mol. The number of aliphatic hydroxyl groups is 1. The van der Waals surface area contributed by atoms with E-state index < -0.39 is 6.10 Å². The van der Waals surface area contributed by atoms with E-state index in [0.717, 1.165) is 6.42 Å². The number of nitrogens with zero attached hydrogens (tertiary/aromatic N) is 2. The number of piperidine rings is 1. The van der Waals surface area contributed by atoms with Gasteiger partial charge in [0.05, 0.1) is 21.2 Å². The molecule has 2 atom stereocenters. The Hall–Kier alpha value is -0.550. The summed E-state index contributed by atoms with van der Waals surface area (Å²) in [5.74, 6) is -0.157. The molecule has 0 bridgehead atoms. The molecular formula is C12H13Cl3N2O2. The Morgan fingerprint density at radius 1 is 1.42 bits per heavy atom. The van der Waals surface area contributed by atoms with Crippen molar-refractivity contribution < 1.29 is 9.90 Å². The minimum Gasteiger partial charge on any atom is -0.391 e. The standard InChI is InChI=1S/C12H13Cl3N2O2/c1-6-2-3-17(5-8(6)18)12(19)11-10(15)9(14)7(13)4-16-11/h4,6,8,18H,2-3,5H2,1H3. The number of hydrogen-bond acceptors (Lipinski definition) is 3. The van der Waals surface area contributed by atoms with Crippen LogP contribution in [0.1, 0.15) is 23.8 Å². The van der Waals surface area contributed by atoms with Crippen LogP contribution in [0.3, 0.4) is 0 Å². The van der Waals surface area contributed by atoms with Crippen LogP contribution in [0.5, 0.6) is 0 Å². The minimum absolute atomic E-state index is 0.0484. The van der Waals surface area contributed by atoms with Gasteiger partial charge in [0, 0.05) is 19.3 Å². The number of β-amino-alcohol motifs (C(OH)–C–C–N with tert-alkyl or cyclic N) is 1. The first-order chi connectivity index (χ1) is 8.91. The van der Waals surface area contributed by atoms with Gasteiger partial charge >= 0.3 is 0 Å². The summed E-state index contributed by atoms with van der Waals surface area (Å²) in [5, 5.41) is 10.2. The molecule has 2 unspecified atom stereocenters. The number of aromatic nitrogens is 1. The van der Waals surface area contributed by atoms with Crippen LogP contribution in [-0.4, -0.2) is 40.1 Å². The van der Waals surface area contributed by atoms with E-state index >= 15 is 0 Å². The molecule has 7 heteroatoms. The lowest BCUT2D eigenvalue weighted by atomic mass is 9.96. The fourth-order valence-corrected chi connectivity index (χ4v) is 2.54. The average Bonchev–Trinajstić information content (AvgIpc) is 2.39. The highest BCUT2D eigenvalue weighted by molar-refractivity contribution is 6.48. The summed E-state index contributed by atoms with van der Waals surface area (Å²) in [6.07, 6.45) is 1.51. The van der Waals surface area contributed by atoms with Gasteiger partial charge in [-0.1, -0.05) is 41.7 Å². The van der Waals surface area contributed by atoms with Crippen LogP contribution >= 0.6 is 34.8 Å². The molecule has 0 saturated carbocycles. The number of rotatable bonds is 1. The summed E-state index contributed by atoms with van der Waals surface area (Å²) in [6, 6.07) is 0. The molecule has 4 nitrogen and oxygen atoms in total. The molecule has 1 aliphatic rings. The Kier molecular flexibility index (Phi) is 4.56. The molecule has 19 heavy (non-hydrogen) atoms. The number of amides is 1. The summed E-state index contributed by atoms with van der Waals surface area (Å²) >= 11 is 17.7. The van der Waals surface area contributed by atoms with Gasteiger partial charge in [-0.15, -0.1) is 0 Å². The maximum absolute atomic E-state index is 12.3. The van der Waals surface area contributed by atoms with Crippen molar-refractivity contribution in [1.29, 1.82) is 0 Å². The second-order valence-electron chi connectivity index (χ2n) is 4.67. The molecule has 1 aliphatic heterocycles. The van der Waals surface area contributed by atoms with E-state index in [4.69, 9.17) is 34.8 Å². The summed E-state index contributed by atoms with van der Waals surface area (Å²) in [7, 11) is 0. The first-order valence-electron chi connectivity index (χ1n) is 5.88. The van der Waals surface area contributed by atoms with Crippen LogP contribution in [0.25, 0.3) is 0 Å². The predicted octanol–water partition coefficient (Wildman–Crippen LogP) is 2.88. The average molecular weight is 324 g/mol. The van der Waals surface area contributed by atoms with Crippen molar-refractivity contribution in [3.63, 3.8) is 0 Å². The van der Waals surface area contributed by atoms with Crippen molar-refractivity contribution in [1.82, 2.24) is 9.88 Å². The second kappa shape index (κ2) is 5.83. The van der Waals surface area contributed by atoms with Crippen molar-refractivity contribution in [2.75, 3.05) is 13.1 Å². The largest absolute Gasteiger partial charge is 0.391 e. The lowest BCUT2D eigenvalue weighted by molar-refractivity contribution is 0.0245. The first-order valence-corrected chi connectivity index (χ1v) is 7.02. The van der Waals surface area contributed by atoms with E-state index in [0.29, 0.717) is 6.54 Å². The molecule has 2 rings (SSSR count). The van der Waals surface area contributed by atoms with Crippen LogP contribution < -0.4 is 0 Å². The van der Waals surface area contributed by atoms with Gasteiger partial charge in [0.15, 0.2) is 0 Å². The van der Waals surface area contributed by atoms with Crippen molar-refractivity contribution in [2.24, 2.45) is 5.92 Å². The zero-order chi connectivity index (χ0) is 14.2. The lowest BCUT2D eigenvalue weighted by Gasteiger charge is -2.34. The highest BCUT2D eigenvalue weighted by Gasteiger charge is 2.30. The van der Waals surface area contributed by atoms with Crippen LogP contribution in [-0.2, 0) is 0 Å². The van der Waals surface area contributed by atoms with E-state index in [-0.39, 0.29) is 39.1 Å². The molecule has 1 saturated heterocycles. The topological polar surface area (TPSA) is 53.4 Å². The van der Waals surface area contributed by atoms with Crippen LogP contribution in [0.2, 0.25) is 15.1 Å². The minimum atomic E-state index is -0.528. The van der Waals surface area contributed by atoms with E-state index in [1.165, 1.54) is 11.1 Å². The molecule has 104 valence electrons. The van der Waals surface area contributed by atoms with Gasteiger partial charge in [-0.25, -0.2) is 4.98 Å². The van der Waals surface area contributed by atoms with Crippen LogP contribution in [0.4, 0.5) is 0 Å². The fourth-order valence-electron chi connectivity index (χ4n) is 1.98. The van der Waals surface area contributed by atoms with E-state index in [1.54, 1.807) is 0 Å². The Morgan fingerprint density at radius 2 is 2.11 bits per heavy atom. The maximum Gasteiger partial charge on any atom is 0.274 e. The molecule has 1 amide bonds. The van der Waals surface area contributed by atoms with Crippen molar-refractivity contribution >= 4 is 40.7 Å². The zero-order valence-corrected chi connectivity index (χ0v) is 12.5. The van der Waals surface area contributed by atoms with Gasteiger partial charge in [0.2, 0.25) is 0 Å². The molecule has 0 aliphatic carbocycles. The van der Waals surface area contributed by atoms with Gasteiger partial charge in [-0.05, 0) is 12.3 Å². The third-order valence-corrected chi connectivity index (χ3v) is 4.57. The SMILES string of the molecule is CC1CCN(C(=O)c2ncc(Cl)c(Cl)c2Cl)CC1O. The van der Waals surface area contributed by atoms with E-state index in [1.807, 2.05) is 6.92 Å². The second-order valence-corrected chi connectivity index (χ2v) is 5.83. The number of hydrogen-bond donors (Lipinski definition) is 1. The van der Waals surface area contributed by atoms with Gasteiger partial charge in [-0.3, -0.25) is 4.79 Å². The fraction of sp³-hybridized carbons (Fsp3) is 0.500. The number of aliphatic hydroxyl groups excluding tert-OH is 1. The third-order valence-electron chi connectivity index (χ3n) is 3.33. The number of carbonyl (C=O) groups excluding carboxylic acids is 1. The normalized spacial score (nSPS) is 23.5. The first kappa shape index (κ1) is 14.9. The van der Waals surface area contributed by atoms with Crippen LogP contribution in [0.15, 0.2) is 6.20 Å². The highest BCUT2D eigenvalue weighted by Crippen LogP contribution is 2.32. The molecule has 1 fully saturated rings. The Labute approximate surface area is 126 Å². The Bertz CT molecular complexity index is 510. The van der Waals surface area contributed by atoms with Gasteiger partial charge in [-0.2, -0.15) is 0 Å². The molecule has 0 aromatic carbocycles. The third kappa shape index (κ3) is 2.97. The monoisotopic (exact) mass is 322 g/mol. The zero-order valence-electron chi connectivity index (χ0n) is 10.2. The van der Waals surface area contributed by atoms with Gasteiger partial charge in [0.1, 0.15) is 5.69 Å². The van der Waals surface area contributed by atoms with Crippen LogP contribution in [0, 0.1) is 5.92 Å². The lowest BCUT2D eigenvalue weighted by Crippen LogP contribution is -2.46. The molecule has 2 heterocycles. The van der Waals surface area contributed by atoms with E-state index in [9.17, 15) is 9.90 Å². The Morgan fingerprint density at radius 3 is 2.74 bits per heavy atom. The Balaban J connectivity index is 2.23. The molecule has 1 aromatic rings. The summed E-state index contributed by atoms with van der Waals surface area (Å²) in [6.45, 7) is 2.80. The molecule has 1 N–H and O–H groups in total. The molecule has 0 spiro atoms. The quantitative estimate of drug-likeness (QED) is 0.864. The molecule has 1 aromatic heterocycles. The smallest absolute Gasteiger partial charge is 0.274 e. The highest BCUT2D eigenvalue weighted by atomic mass is 35.5. The number of halogens is 3. The van der Waals surface area contributed by atoms with Crippen molar-refractivity contribution in [3.8, 4) is 0 Å². The number of carbonyl (C=O) groups is 1. The predicted molar refractivity (Wildman–Crippen MR) is 75.0 cm³/mol. The summed E-state index contributed by atoms with van der Waals surface area (Å²) < 4.78 is 0.